The molecule has 3 aromatic carbocycles. The molecule has 3 aromatic rings. The molecule has 0 radical (unpaired) electrons. The first kappa shape index (κ1) is 22.8. The van der Waals surface area contributed by atoms with Gasteiger partial charge in [-0.1, -0.05) is 17.7 Å². The zero-order valence-electron chi connectivity index (χ0n) is 17.6. The minimum atomic E-state index is -0.568. The molecule has 0 spiro atoms. The maximum absolute atomic E-state index is 13.3. The van der Waals surface area contributed by atoms with Gasteiger partial charge in [0.25, 0.3) is 11.8 Å². The predicted octanol–water partition coefficient (Wildman–Crippen LogP) is 5.54. The first-order valence-corrected chi connectivity index (χ1v) is 10.9. The van der Waals surface area contributed by atoms with Crippen molar-refractivity contribution in [1.82, 2.24) is 0 Å². The minimum absolute atomic E-state index is 0.0860. The maximum Gasteiger partial charge on any atom is 0.255 e. The molecule has 1 aliphatic heterocycles. The highest BCUT2D eigenvalue weighted by atomic mass is 35.5. The van der Waals surface area contributed by atoms with E-state index in [1.165, 1.54) is 18.2 Å². The second-order valence-corrected chi connectivity index (χ2v) is 8.00. The number of halogens is 2. The molecule has 4 rings (SSSR count). The SMILES string of the molecule is O=C(Nc1cccc(C(=O)Nc2ccc(F)c(Cl)c2)c1)c1ccc(OCC2CCCO2)cc1. The van der Waals surface area contributed by atoms with Gasteiger partial charge < -0.3 is 20.1 Å². The molecule has 6 nitrogen and oxygen atoms in total. The lowest BCUT2D eigenvalue weighted by Gasteiger charge is -2.12. The van der Waals surface area contributed by atoms with Crippen LogP contribution < -0.4 is 15.4 Å². The van der Waals surface area contributed by atoms with Gasteiger partial charge in [0.05, 0.1) is 11.1 Å². The third-order valence-corrected chi connectivity index (χ3v) is 5.43. The highest BCUT2D eigenvalue weighted by Gasteiger charge is 2.16. The van der Waals surface area contributed by atoms with E-state index >= 15 is 0 Å². The van der Waals surface area contributed by atoms with Crippen LogP contribution in [-0.4, -0.2) is 31.1 Å². The smallest absolute Gasteiger partial charge is 0.255 e. The molecule has 0 saturated carbocycles. The lowest BCUT2D eigenvalue weighted by molar-refractivity contribution is 0.0679. The normalized spacial score (nSPS) is 15.2. The molecule has 2 amide bonds. The van der Waals surface area contributed by atoms with Gasteiger partial charge in [0.15, 0.2) is 0 Å². The van der Waals surface area contributed by atoms with Crippen LogP contribution in [0.1, 0.15) is 33.6 Å². The Morgan fingerprint density at radius 1 is 0.970 bits per heavy atom. The molecule has 1 saturated heterocycles. The van der Waals surface area contributed by atoms with E-state index in [2.05, 4.69) is 10.6 Å². The van der Waals surface area contributed by atoms with Crippen LogP contribution in [0.4, 0.5) is 15.8 Å². The minimum Gasteiger partial charge on any atom is -0.491 e. The highest BCUT2D eigenvalue weighted by molar-refractivity contribution is 6.31. The number of hydrogen-bond acceptors (Lipinski definition) is 4. The largest absolute Gasteiger partial charge is 0.491 e. The van der Waals surface area contributed by atoms with Crippen LogP contribution in [-0.2, 0) is 4.74 Å². The highest BCUT2D eigenvalue weighted by Crippen LogP contribution is 2.21. The van der Waals surface area contributed by atoms with Crippen molar-refractivity contribution < 1.29 is 23.5 Å². The second-order valence-electron chi connectivity index (χ2n) is 7.59. The van der Waals surface area contributed by atoms with Gasteiger partial charge in [-0.25, -0.2) is 4.39 Å². The summed E-state index contributed by atoms with van der Waals surface area (Å²) in [5.41, 5.74) is 1.60. The number of carbonyl (C=O) groups excluding carboxylic acids is 2. The number of ether oxygens (including phenoxy) is 2. The summed E-state index contributed by atoms with van der Waals surface area (Å²) in [4.78, 5) is 25.1. The fraction of sp³-hybridized carbons (Fsp3) is 0.200. The molecular formula is C25H22ClFN2O4. The molecule has 1 atom stereocenters. The van der Waals surface area contributed by atoms with Crippen molar-refractivity contribution in [3.63, 3.8) is 0 Å². The summed E-state index contributed by atoms with van der Waals surface area (Å²) in [5, 5.41) is 5.34. The van der Waals surface area contributed by atoms with Gasteiger partial charge in [-0.2, -0.15) is 0 Å². The zero-order valence-corrected chi connectivity index (χ0v) is 18.4. The summed E-state index contributed by atoms with van der Waals surface area (Å²) in [6.45, 7) is 1.26. The molecule has 1 aliphatic rings. The summed E-state index contributed by atoms with van der Waals surface area (Å²) < 4.78 is 24.6. The van der Waals surface area contributed by atoms with Crippen LogP contribution in [0.3, 0.4) is 0 Å². The average molecular weight is 469 g/mol. The Labute approximate surface area is 195 Å². The average Bonchev–Trinajstić information content (AvgIpc) is 3.34. The van der Waals surface area contributed by atoms with E-state index in [9.17, 15) is 14.0 Å². The van der Waals surface area contributed by atoms with Crippen molar-refractivity contribution in [2.24, 2.45) is 0 Å². The fourth-order valence-corrected chi connectivity index (χ4v) is 3.57. The summed E-state index contributed by atoms with van der Waals surface area (Å²) in [6, 6.07) is 17.2. The van der Waals surface area contributed by atoms with Gasteiger partial charge in [-0.3, -0.25) is 9.59 Å². The summed E-state index contributed by atoms with van der Waals surface area (Å²) in [5.74, 6) is -0.631. The van der Waals surface area contributed by atoms with E-state index in [0.717, 1.165) is 19.4 Å². The maximum atomic E-state index is 13.3. The number of nitrogens with one attached hydrogen (secondary N) is 2. The molecule has 0 aliphatic carbocycles. The molecule has 1 fully saturated rings. The number of benzene rings is 3. The third-order valence-electron chi connectivity index (χ3n) is 5.14. The molecule has 2 N–H and O–H groups in total. The Bertz CT molecular complexity index is 1150. The molecule has 1 unspecified atom stereocenters. The van der Waals surface area contributed by atoms with Crippen molar-refractivity contribution in [1.29, 1.82) is 0 Å². The van der Waals surface area contributed by atoms with Crippen LogP contribution in [0.25, 0.3) is 0 Å². The summed E-state index contributed by atoms with van der Waals surface area (Å²) in [6.07, 6.45) is 2.17. The van der Waals surface area contributed by atoms with Crippen LogP contribution >= 0.6 is 11.6 Å². The van der Waals surface area contributed by atoms with Gasteiger partial charge in [0, 0.05) is 29.1 Å². The monoisotopic (exact) mass is 468 g/mol. The molecule has 1 heterocycles. The molecule has 170 valence electrons. The number of hydrogen-bond donors (Lipinski definition) is 2. The Morgan fingerprint density at radius 2 is 1.70 bits per heavy atom. The van der Waals surface area contributed by atoms with Crippen molar-refractivity contribution in [3.8, 4) is 5.75 Å². The fourth-order valence-electron chi connectivity index (χ4n) is 3.39. The predicted molar refractivity (Wildman–Crippen MR) is 125 cm³/mol. The van der Waals surface area contributed by atoms with Crippen molar-refractivity contribution in [3.05, 3.63) is 88.7 Å². The molecule has 33 heavy (non-hydrogen) atoms. The number of carbonyl (C=O) groups is 2. The van der Waals surface area contributed by atoms with Gasteiger partial charge in [0.1, 0.15) is 18.2 Å². The van der Waals surface area contributed by atoms with Crippen LogP contribution in [0.15, 0.2) is 66.7 Å². The van der Waals surface area contributed by atoms with Crippen molar-refractivity contribution in [2.45, 2.75) is 18.9 Å². The first-order valence-electron chi connectivity index (χ1n) is 10.5. The number of amides is 2. The number of rotatable bonds is 7. The van der Waals surface area contributed by atoms with E-state index in [4.69, 9.17) is 21.1 Å². The molecule has 8 heteroatoms. The van der Waals surface area contributed by atoms with E-state index in [0.29, 0.717) is 34.9 Å². The van der Waals surface area contributed by atoms with E-state index in [1.54, 1.807) is 48.5 Å². The van der Waals surface area contributed by atoms with Gasteiger partial charge >= 0.3 is 0 Å². The standard InChI is InChI=1S/C25H22ClFN2O4/c26-22-14-19(8-11-23(22)27)29-25(31)17-3-1-4-18(13-17)28-24(30)16-6-9-20(10-7-16)33-15-21-5-2-12-32-21/h1,3-4,6-11,13-14,21H,2,5,12,15H2,(H,28,30)(H,29,31). The van der Waals surface area contributed by atoms with Crippen LogP contribution in [0.2, 0.25) is 5.02 Å². The van der Waals surface area contributed by atoms with Crippen molar-refractivity contribution >= 4 is 34.8 Å². The topological polar surface area (TPSA) is 76.7 Å². The van der Waals surface area contributed by atoms with Crippen LogP contribution in [0.5, 0.6) is 5.75 Å². The van der Waals surface area contributed by atoms with Gasteiger partial charge in [-0.05, 0) is 73.5 Å². The molecular weight excluding hydrogens is 447 g/mol. The molecule has 0 bridgehead atoms. The number of anilines is 2. The third kappa shape index (κ3) is 6.09. The second kappa shape index (κ2) is 10.5. The summed E-state index contributed by atoms with van der Waals surface area (Å²) in [7, 11) is 0. The quantitative estimate of drug-likeness (QED) is 0.477. The Hall–Kier alpha value is -3.42. The van der Waals surface area contributed by atoms with E-state index < -0.39 is 11.7 Å². The summed E-state index contributed by atoms with van der Waals surface area (Å²) >= 11 is 5.75. The first-order chi connectivity index (χ1) is 16.0. The Kier molecular flexibility index (Phi) is 7.22. The van der Waals surface area contributed by atoms with Crippen LogP contribution in [0, 0.1) is 5.82 Å². The van der Waals surface area contributed by atoms with Crippen molar-refractivity contribution in [2.75, 3.05) is 23.8 Å². The zero-order chi connectivity index (χ0) is 23.2. The lowest BCUT2D eigenvalue weighted by atomic mass is 10.1. The van der Waals surface area contributed by atoms with E-state index in [1.807, 2.05) is 0 Å². The van der Waals surface area contributed by atoms with Gasteiger partial charge in [-0.15, -0.1) is 0 Å². The van der Waals surface area contributed by atoms with E-state index in [-0.39, 0.29) is 17.0 Å². The lowest BCUT2D eigenvalue weighted by Crippen LogP contribution is -2.16. The Morgan fingerprint density at radius 3 is 2.39 bits per heavy atom. The van der Waals surface area contributed by atoms with Gasteiger partial charge in [0.2, 0.25) is 0 Å². The molecule has 0 aromatic heterocycles. The Balaban J connectivity index is 1.35.